The molecule has 24 heavy (non-hydrogen) atoms. The molecule has 0 spiro atoms. The van der Waals surface area contributed by atoms with E-state index in [1.807, 2.05) is 61.5 Å². The zero-order valence-electron chi connectivity index (χ0n) is 13.6. The lowest BCUT2D eigenvalue weighted by atomic mass is 10.1. The Balaban J connectivity index is 1.70. The van der Waals surface area contributed by atoms with Gasteiger partial charge in [0.05, 0.1) is 6.61 Å². The number of cyclic esters (lactones) is 1. The van der Waals surface area contributed by atoms with Crippen LogP contribution in [0.15, 0.2) is 65.3 Å². The van der Waals surface area contributed by atoms with Crippen molar-refractivity contribution >= 4 is 17.9 Å². The number of benzene rings is 2. The quantitative estimate of drug-likeness (QED) is 0.596. The zero-order valence-corrected chi connectivity index (χ0v) is 13.6. The summed E-state index contributed by atoms with van der Waals surface area (Å²) in [5, 5.41) is 0. The monoisotopic (exact) mass is 321 g/mol. The van der Waals surface area contributed by atoms with Crippen LogP contribution in [-0.2, 0) is 16.0 Å². The van der Waals surface area contributed by atoms with E-state index < -0.39 is 5.97 Å². The summed E-state index contributed by atoms with van der Waals surface area (Å²) in [7, 11) is 0. The molecule has 0 saturated carbocycles. The minimum atomic E-state index is -0.403. The number of aryl methyl sites for hydroxylation is 1. The third kappa shape index (κ3) is 4.10. The largest absolute Gasteiger partial charge is 0.494 e. The highest BCUT2D eigenvalue weighted by atomic mass is 16.6. The topological polar surface area (TPSA) is 47.9 Å². The highest BCUT2D eigenvalue weighted by Gasteiger charge is 2.22. The Morgan fingerprint density at radius 1 is 1.08 bits per heavy atom. The number of ether oxygens (including phenoxy) is 2. The first-order valence-corrected chi connectivity index (χ1v) is 8.03. The summed E-state index contributed by atoms with van der Waals surface area (Å²) >= 11 is 0. The molecular formula is C20H19NO3. The second kappa shape index (κ2) is 7.59. The maximum atomic E-state index is 12.0. The van der Waals surface area contributed by atoms with Crippen molar-refractivity contribution < 1.29 is 14.3 Å². The first kappa shape index (κ1) is 16.0. The van der Waals surface area contributed by atoms with E-state index in [0.717, 1.165) is 17.7 Å². The SMILES string of the molecule is CCOc1cccc(/C=C2/N=C(CCc3ccccc3)OC2=O)c1. The van der Waals surface area contributed by atoms with E-state index in [4.69, 9.17) is 9.47 Å². The molecule has 2 aromatic rings. The molecule has 0 saturated heterocycles. The van der Waals surface area contributed by atoms with Gasteiger partial charge < -0.3 is 9.47 Å². The van der Waals surface area contributed by atoms with Gasteiger partial charge in [0, 0.05) is 6.42 Å². The van der Waals surface area contributed by atoms with Crippen molar-refractivity contribution in [2.45, 2.75) is 19.8 Å². The molecule has 1 aliphatic heterocycles. The van der Waals surface area contributed by atoms with Crippen LogP contribution in [-0.4, -0.2) is 18.5 Å². The molecule has 0 amide bonds. The Morgan fingerprint density at radius 3 is 2.71 bits per heavy atom. The van der Waals surface area contributed by atoms with E-state index in [9.17, 15) is 4.79 Å². The van der Waals surface area contributed by atoms with Crippen molar-refractivity contribution in [2.24, 2.45) is 4.99 Å². The normalized spacial score (nSPS) is 15.3. The van der Waals surface area contributed by atoms with Crippen molar-refractivity contribution in [1.29, 1.82) is 0 Å². The number of hydrogen-bond donors (Lipinski definition) is 0. The van der Waals surface area contributed by atoms with Crippen LogP contribution in [0.1, 0.15) is 24.5 Å². The molecule has 0 fully saturated rings. The van der Waals surface area contributed by atoms with Gasteiger partial charge in [-0.3, -0.25) is 0 Å². The molecule has 3 rings (SSSR count). The van der Waals surface area contributed by atoms with Gasteiger partial charge >= 0.3 is 5.97 Å². The van der Waals surface area contributed by atoms with E-state index >= 15 is 0 Å². The number of hydrogen-bond acceptors (Lipinski definition) is 4. The zero-order chi connectivity index (χ0) is 16.8. The van der Waals surface area contributed by atoms with Crippen LogP contribution in [0.25, 0.3) is 6.08 Å². The summed E-state index contributed by atoms with van der Waals surface area (Å²) in [6.07, 6.45) is 3.12. The second-order valence-corrected chi connectivity index (χ2v) is 5.42. The predicted octanol–water partition coefficient (Wildman–Crippen LogP) is 4.01. The number of aliphatic imine (C=N–C) groups is 1. The summed E-state index contributed by atoms with van der Waals surface area (Å²) in [5.74, 6) is 0.836. The fraction of sp³-hybridized carbons (Fsp3) is 0.200. The number of nitrogens with zero attached hydrogens (tertiary/aromatic N) is 1. The lowest BCUT2D eigenvalue weighted by molar-refractivity contribution is -0.130. The van der Waals surface area contributed by atoms with Crippen molar-refractivity contribution in [1.82, 2.24) is 0 Å². The van der Waals surface area contributed by atoms with Crippen molar-refractivity contribution in [3.8, 4) is 5.75 Å². The van der Waals surface area contributed by atoms with Crippen LogP contribution in [0.5, 0.6) is 5.75 Å². The molecule has 0 aliphatic carbocycles. The van der Waals surface area contributed by atoms with Crippen molar-refractivity contribution in [3.05, 3.63) is 71.4 Å². The van der Waals surface area contributed by atoms with E-state index in [1.54, 1.807) is 6.08 Å². The average Bonchev–Trinajstić information content (AvgIpc) is 2.94. The van der Waals surface area contributed by atoms with E-state index in [0.29, 0.717) is 24.6 Å². The number of esters is 1. The van der Waals surface area contributed by atoms with Crippen LogP contribution in [0.4, 0.5) is 0 Å². The molecule has 1 heterocycles. The Hall–Kier alpha value is -2.88. The maximum absolute atomic E-state index is 12.0. The molecule has 0 atom stereocenters. The average molecular weight is 321 g/mol. The van der Waals surface area contributed by atoms with Gasteiger partial charge in [-0.25, -0.2) is 9.79 Å². The molecular weight excluding hydrogens is 302 g/mol. The minimum absolute atomic E-state index is 0.326. The molecule has 4 heteroatoms. The summed E-state index contributed by atoms with van der Waals surface area (Å²) in [5.41, 5.74) is 2.38. The third-order valence-corrected chi connectivity index (χ3v) is 3.61. The minimum Gasteiger partial charge on any atom is -0.494 e. The summed E-state index contributed by atoms with van der Waals surface area (Å²) in [4.78, 5) is 16.3. The number of carbonyl (C=O) groups excluding carboxylic acids is 1. The Bertz CT molecular complexity index is 778. The number of carbonyl (C=O) groups is 1. The van der Waals surface area contributed by atoms with Gasteiger partial charge in [0.2, 0.25) is 0 Å². The molecule has 1 aliphatic rings. The number of rotatable bonds is 6. The van der Waals surface area contributed by atoms with Gasteiger partial charge in [-0.2, -0.15) is 0 Å². The molecule has 2 aromatic carbocycles. The van der Waals surface area contributed by atoms with Crippen molar-refractivity contribution in [3.63, 3.8) is 0 Å². The fourth-order valence-electron chi connectivity index (χ4n) is 2.47. The molecule has 122 valence electrons. The van der Waals surface area contributed by atoms with Gasteiger partial charge in [-0.1, -0.05) is 42.5 Å². The Kier molecular flexibility index (Phi) is 5.06. The van der Waals surface area contributed by atoms with E-state index in [2.05, 4.69) is 4.99 Å². The summed E-state index contributed by atoms with van der Waals surface area (Å²) < 4.78 is 10.7. The second-order valence-electron chi connectivity index (χ2n) is 5.42. The van der Waals surface area contributed by atoms with E-state index in [-0.39, 0.29) is 0 Å². The van der Waals surface area contributed by atoms with Crippen LogP contribution < -0.4 is 4.74 Å². The Labute approximate surface area is 141 Å². The van der Waals surface area contributed by atoms with Gasteiger partial charge in [0.15, 0.2) is 11.6 Å². The molecule has 0 bridgehead atoms. The third-order valence-electron chi connectivity index (χ3n) is 3.61. The summed E-state index contributed by atoms with van der Waals surface area (Å²) in [6.45, 7) is 2.53. The highest BCUT2D eigenvalue weighted by Crippen LogP contribution is 2.20. The summed E-state index contributed by atoms with van der Waals surface area (Å²) in [6, 6.07) is 17.6. The molecule has 0 aromatic heterocycles. The van der Waals surface area contributed by atoms with E-state index in [1.165, 1.54) is 5.56 Å². The fourth-order valence-corrected chi connectivity index (χ4v) is 2.47. The van der Waals surface area contributed by atoms with Crippen LogP contribution in [0, 0.1) is 0 Å². The van der Waals surface area contributed by atoms with Crippen molar-refractivity contribution in [2.75, 3.05) is 6.61 Å². The van der Waals surface area contributed by atoms with Gasteiger partial charge in [-0.05, 0) is 42.7 Å². The van der Waals surface area contributed by atoms with Crippen LogP contribution in [0.3, 0.4) is 0 Å². The van der Waals surface area contributed by atoms with Gasteiger partial charge in [0.25, 0.3) is 0 Å². The van der Waals surface area contributed by atoms with Gasteiger partial charge in [0.1, 0.15) is 5.75 Å². The smallest absolute Gasteiger partial charge is 0.363 e. The lowest BCUT2D eigenvalue weighted by Crippen LogP contribution is -2.05. The predicted molar refractivity (Wildman–Crippen MR) is 93.9 cm³/mol. The molecule has 0 radical (unpaired) electrons. The van der Waals surface area contributed by atoms with Gasteiger partial charge in [-0.15, -0.1) is 0 Å². The standard InChI is InChI=1S/C20H19NO3/c1-2-23-17-10-6-9-16(13-17)14-18-20(22)24-19(21-18)12-11-15-7-4-3-5-8-15/h3-10,13-14H,2,11-12H2,1H3/b18-14+. The molecule has 4 nitrogen and oxygen atoms in total. The van der Waals surface area contributed by atoms with Crippen LogP contribution >= 0.6 is 0 Å². The lowest BCUT2D eigenvalue weighted by Gasteiger charge is -2.03. The maximum Gasteiger partial charge on any atom is 0.363 e. The highest BCUT2D eigenvalue weighted by molar-refractivity contribution is 6.07. The first-order valence-electron chi connectivity index (χ1n) is 8.03. The first-order chi connectivity index (χ1) is 11.7. The van der Waals surface area contributed by atoms with Crippen LogP contribution in [0.2, 0.25) is 0 Å². The Morgan fingerprint density at radius 2 is 1.92 bits per heavy atom. The molecule has 0 N–H and O–H groups in total. The molecule has 0 unspecified atom stereocenters.